The van der Waals surface area contributed by atoms with Crippen LogP contribution in [0.1, 0.15) is 22.3 Å². The van der Waals surface area contributed by atoms with Crippen LogP contribution < -0.4 is 20.3 Å². The molecule has 0 heterocycles. The lowest BCUT2D eigenvalue weighted by Gasteiger charge is -2.11. The highest BCUT2D eigenvalue weighted by atomic mass is 16.5. The Balaban J connectivity index is 1.72. The fraction of sp³-hybridized carbons (Fsp3) is 0.300. The molecular weight excluding hydrogens is 332 g/mol. The molecule has 0 aliphatic heterocycles. The normalized spacial score (nSPS) is 10.2. The topological polar surface area (TPSA) is 76.7 Å². The van der Waals surface area contributed by atoms with Gasteiger partial charge in [0.25, 0.3) is 11.8 Å². The van der Waals surface area contributed by atoms with Crippen molar-refractivity contribution < 1.29 is 19.1 Å². The van der Waals surface area contributed by atoms with Crippen molar-refractivity contribution in [1.29, 1.82) is 0 Å². The number of rotatable bonds is 6. The first-order valence-electron chi connectivity index (χ1n) is 8.32. The molecule has 26 heavy (non-hydrogen) atoms. The molecule has 6 heteroatoms. The van der Waals surface area contributed by atoms with Crippen LogP contribution in [-0.2, 0) is 9.59 Å². The van der Waals surface area contributed by atoms with Crippen molar-refractivity contribution in [1.82, 2.24) is 10.9 Å². The lowest BCUT2D eigenvalue weighted by atomic mass is 10.1. The van der Waals surface area contributed by atoms with E-state index in [1.165, 1.54) is 0 Å². The van der Waals surface area contributed by atoms with Crippen molar-refractivity contribution in [3.63, 3.8) is 0 Å². The van der Waals surface area contributed by atoms with Crippen molar-refractivity contribution >= 4 is 11.8 Å². The zero-order chi connectivity index (χ0) is 19.1. The molecule has 0 atom stereocenters. The van der Waals surface area contributed by atoms with E-state index in [-0.39, 0.29) is 13.2 Å². The zero-order valence-corrected chi connectivity index (χ0v) is 15.5. The average molecular weight is 356 g/mol. The Morgan fingerprint density at radius 1 is 0.769 bits per heavy atom. The number of carbonyl (C=O) groups excluding carboxylic acids is 2. The lowest BCUT2D eigenvalue weighted by Crippen LogP contribution is -2.45. The van der Waals surface area contributed by atoms with E-state index in [0.29, 0.717) is 11.5 Å². The molecule has 0 bridgehead atoms. The van der Waals surface area contributed by atoms with E-state index in [4.69, 9.17) is 9.47 Å². The second-order valence-corrected chi connectivity index (χ2v) is 6.27. The summed E-state index contributed by atoms with van der Waals surface area (Å²) < 4.78 is 10.9. The fourth-order valence-electron chi connectivity index (χ4n) is 2.48. The molecule has 0 aromatic heterocycles. The molecule has 0 aliphatic carbocycles. The smallest absolute Gasteiger partial charge is 0.276 e. The van der Waals surface area contributed by atoms with Gasteiger partial charge in [-0.2, -0.15) is 0 Å². The first-order valence-corrected chi connectivity index (χ1v) is 8.32. The van der Waals surface area contributed by atoms with Crippen molar-refractivity contribution in [3.05, 3.63) is 58.7 Å². The summed E-state index contributed by atoms with van der Waals surface area (Å²) in [5, 5.41) is 0. The molecule has 2 rings (SSSR count). The number of aryl methyl sites for hydroxylation is 4. The summed E-state index contributed by atoms with van der Waals surface area (Å²) in [6, 6.07) is 11.4. The van der Waals surface area contributed by atoms with Crippen molar-refractivity contribution in [3.8, 4) is 11.5 Å². The van der Waals surface area contributed by atoms with E-state index in [2.05, 4.69) is 10.9 Å². The number of hydrogen-bond acceptors (Lipinski definition) is 4. The van der Waals surface area contributed by atoms with E-state index < -0.39 is 11.8 Å². The fourth-order valence-corrected chi connectivity index (χ4v) is 2.48. The van der Waals surface area contributed by atoms with Gasteiger partial charge in [0, 0.05) is 0 Å². The van der Waals surface area contributed by atoms with Gasteiger partial charge in [0.15, 0.2) is 13.2 Å². The van der Waals surface area contributed by atoms with Crippen LogP contribution in [0.4, 0.5) is 0 Å². The minimum Gasteiger partial charge on any atom is -0.484 e. The number of amides is 2. The van der Waals surface area contributed by atoms with Crippen LogP contribution in [0.25, 0.3) is 0 Å². The third-order valence-electron chi connectivity index (χ3n) is 3.60. The highest BCUT2D eigenvalue weighted by molar-refractivity contribution is 5.83. The summed E-state index contributed by atoms with van der Waals surface area (Å²) >= 11 is 0. The summed E-state index contributed by atoms with van der Waals surface area (Å²) in [4.78, 5) is 23.5. The maximum Gasteiger partial charge on any atom is 0.276 e. The van der Waals surface area contributed by atoms with Gasteiger partial charge >= 0.3 is 0 Å². The number of hydrogen-bond donors (Lipinski definition) is 2. The molecule has 0 fully saturated rings. The number of ether oxygens (including phenoxy) is 2. The van der Waals surface area contributed by atoms with E-state index in [1.807, 2.05) is 64.1 Å². The van der Waals surface area contributed by atoms with Crippen LogP contribution in [0.3, 0.4) is 0 Å². The van der Waals surface area contributed by atoms with Gasteiger partial charge in [0.05, 0.1) is 0 Å². The molecule has 0 aliphatic rings. The monoisotopic (exact) mass is 356 g/mol. The minimum absolute atomic E-state index is 0.192. The van der Waals surface area contributed by atoms with Gasteiger partial charge in [0.1, 0.15) is 11.5 Å². The Morgan fingerprint density at radius 3 is 1.92 bits per heavy atom. The van der Waals surface area contributed by atoms with Crippen molar-refractivity contribution in [2.24, 2.45) is 0 Å². The van der Waals surface area contributed by atoms with Gasteiger partial charge in [-0.05, 0) is 62.6 Å². The molecule has 2 aromatic carbocycles. The molecule has 138 valence electrons. The summed E-state index contributed by atoms with van der Waals surface area (Å²) in [5.41, 5.74) is 8.77. The van der Waals surface area contributed by atoms with Crippen molar-refractivity contribution in [2.75, 3.05) is 13.2 Å². The maximum atomic E-state index is 11.8. The standard InChI is InChI=1S/C20H24N2O4/c1-13-5-6-18(16(4)8-13)26-12-20(24)22-21-19(23)11-25-17-9-14(2)7-15(3)10-17/h5-10H,11-12H2,1-4H3,(H,21,23)(H,22,24). The summed E-state index contributed by atoms with van der Waals surface area (Å²) in [7, 11) is 0. The highest BCUT2D eigenvalue weighted by Crippen LogP contribution is 2.18. The Labute approximate surface area is 153 Å². The summed E-state index contributed by atoms with van der Waals surface area (Å²) in [6.07, 6.45) is 0. The first-order chi connectivity index (χ1) is 12.3. The Kier molecular flexibility index (Phi) is 6.60. The average Bonchev–Trinajstić information content (AvgIpc) is 2.56. The van der Waals surface area contributed by atoms with Gasteiger partial charge < -0.3 is 9.47 Å². The highest BCUT2D eigenvalue weighted by Gasteiger charge is 2.08. The van der Waals surface area contributed by atoms with Crippen LogP contribution >= 0.6 is 0 Å². The second-order valence-electron chi connectivity index (χ2n) is 6.27. The van der Waals surface area contributed by atoms with E-state index >= 15 is 0 Å². The molecule has 6 nitrogen and oxygen atoms in total. The van der Waals surface area contributed by atoms with Gasteiger partial charge in [0.2, 0.25) is 0 Å². The van der Waals surface area contributed by atoms with E-state index in [9.17, 15) is 9.59 Å². The van der Waals surface area contributed by atoms with Crippen LogP contribution in [0.2, 0.25) is 0 Å². The van der Waals surface area contributed by atoms with Crippen LogP contribution in [0.5, 0.6) is 11.5 Å². The number of carbonyl (C=O) groups is 2. The van der Waals surface area contributed by atoms with Crippen molar-refractivity contribution in [2.45, 2.75) is 27.7 Å². The third-order valence-corrected chi connectivity index (χ3v) is 3.60. The summed E-state index contributed by atoms with van der Waals surface area (Å²) in [6.45, 7) is 7.42. The van der Waals surface area contributed by atoms with Gasteiger partial charge in [-0.15, -0.1) is 0 Å². The molecule has 0 unspecified atom stereocenters. The molecule has 2 N–H and O–H groups in total. The molecule has 0 saturated carbocycles. The predicted molar refractivity (Wildman–Crippen MR) is 99.1 cm³/mol. The zero-order valence-electron chi connectivity index (χ0n) is 15.5. The first kappa shape index (κ1) is 19.3. The van der Waals surface area contributed by atoms with Gasteiger partial charge in [-0.1, -0.05) is 23.8 Å². The molecule has 0 radical (unpaired) electrons. The van der Waals surface area contributed by atoms with E-state index in [0.717, 1.165) is 22.3 Å². The molecule has 2 amide bonds. The molecule has 2 aromatic rings. The SMILES string of the molecule is Cc1cc(C)cc(OCC(=O)NNC(=O)COc2ccc(C)cc2C)c1. The predicted octanol–water partition coefficient (Wildman–Crippen LogP) is 2.53. The van der Waals surface area contributed by atoms with Crippen LogP contribution in [-0.4, -0.2) is 25.0 Å². The minimum atomic E-state index is -0.455. The third kappa shape index (κ3) is 6.12. The molecule has 0 saturated heterocycles. The van der Waals surface area contributed by atoms with Crippen LogP contribution in [0.15, 0.2) is 36.4 Å². The Hall–Kier alpha value is -3.02. The number of benzene rings is 2. The summed E-state index contributed by atoms with van der Waals surface area (Å²) in [5.74, 6) is 0.339. The molecule has 0 spiro atoms. The Bertz CT molecular complexity index is 782. The lowest BCUT2D eigenvalue weighted by molar-refractivity contribution is -0.131. The largest absolute Gasteiger partial charge is 0.484 e. The van der Waals surface area contributed by atoms with Gasteiger partial charge in [-0.25, -0.2) is 0 Å². The van der Waals surface area contributed by atoms with Crippen LogP contribution in [0, 0.1) is 27.7 Å². The maximum absolute atomic E-state index is 11.8. The Morgan fingerprint density at radius 2 is 1.35 bits per heavy atom. The molecular formula is C20H24N2O4. The number of hydrazine groups is 1. The quantitative estimate of drug-likeness (QED) is 0.780. The van der Waals surface area contributed by atoms with Gasteiger partial charge in [-0.3, -0.25) is 20.4 Å². The number of nitrogens with one attached hydrogen (secondary N) is 2. The second kappa shape index (κ2) is 8.89. The van der Waals surface area contributed by atoms with E-state index in [1.54, 1.807) is 0 Å².